The van der Waals surface area contributed by atoms with E-state index in [0.29, 0.717) is 23.4 Å². The Hall–Kier alpha value is -2.49. The number of sulfonamides is 1. The third kappa shape index (κ3) is 4.26. The maximum absolute atomic E-state index is 12.8. The average molecular weight is 441 g/mol. The summed E-state index contributed by atoms with van der Waals surface area (Å²) in [6.07, 6.45) is 0.417. The van der Waals surface area contributed by atoms with E-state index in [4.69, 9.17) is 25.5 Å². The summed E-state index contributed by atoms with van der Waals surface area (Å²) in [5, 5.41) is -0.000262. The molecule has 0 spiro atoms. The molecular formula is C19H21ClN2O6S. The number of benzene rings is 2. The fraction of sp³-hybridized carbons (Fsp3) is 0.316. The first-order chi connectivity index (χ1) is 13.7. The summed E-state index contributed by atoms with van der Waals surface area (Å²) in [6, 6.07) is 7.61. The number of fused-ring (bicyclic) bond motifs is 1. The van der Waals surface area contributed by atoms with Gasteiger partial charge in [0.2, 0.25) is 10.0 Å². The van der Waals surface area contributed by atoms with E-state index in [2.05, 4.69) is 4.72 Å². The molecule has 1 heterocycles. The van der Waals surface area contributed by atoms with Gasteiger partial charge in [-0.2, -0.15) is 0 Å². The normalized spacial score (nSPS) is 12.9. The summed E-state index contributed by atoms with van der Waals surface area (Å²) in [6.45, 7) is 1.74. The van der Waals surface area contributed by atoms with E-state index in [-0.39, 0.29) is 15.5 Å². The van der Waals surface area contributed by atoms with Crippen LogP contribution in [0.25, 0.3) is 11.1 Å². The minimum Gasteiger partial charge on any atom is -0.493 e. The lowest BCUT2D eigenvalue weighted by Gasteiger charge is -2.16. The van der Waals surface area contributed by atoms with Crippen LogP contribution in [-0.2, 0) is 23.5 Å². The van der Waals surface area contributed by atoms with E-state index >= 15 is 0 Å². The molecule has 1 aromatic heterocycles. The Balaban J connectivity index is 1.84. The van der Waals surface area contributed by atoms with E-state index in [1.165, 1.54) is 30.9 Å². The summed E-state index contributed by atoms with van der Waals surface area (Å²) in [4.78, 5) is 11.5. The predicted molar refractivity (Wildman–Crippen MR) is 109 cm³/mol. The van der Waals surface area contributed by atoms with Crippen molar-refractivity contribution in [3.05, 3.63) is 51.5 Å². The van der Waals surface area contributed by atoms with E-state index in [9.17, 15) is 13.2 Å². The highest BCUT2D eigenvalue weighted by Gasteiger charge is 2.23. The van der Waals surface area contributed by atoms with Crippen molar-refractivity contribution in [2.24, 2.45) is 7.05 Å². The van der Waals surface area contributed by atoms with Gasteiger partial charge in [-0.15, -0.1) is 0 Å². The van der Waals surface area contributed by atoms with Crippen LogP contribution in [0.2, 0.25) is 5.02 Å². The van der Waals surface area contributed by atoms with Gasteiger partial charge in [-0.3, -0.25) is 4.57 Å². The van der Waals surface area contributed by atoms with Crippen LogP contribution < -0.4 is 20.0 Å². The topological polar surface area (TPSA) is 99.8 Å². The second-order valence-electron chi connectivity index (χ2n) is 6.59. The van der Waals surface area contributed by atoms with Gasteiger partial charge in [0.25, 0.3) is 0 Å². The van der Waals surface area contributed by atoms with Crippen LogP contribution in [-0.4, -0.2) is 33.2 Å². The molecule has 1 atom stereocenters. The zero-order chi connectivity index (χ0) is 21.3. The van der Waals surface area contributed by atoms with E-state index < -0.39 is 21.8 Å². The highest BCUT2D eigenvalue weighted by molar-refractivity contribution is 7.89. The van der Waals surface area contributed by atoms with Gasteiger partial charge in [0.1, 0.15) is 4.90 Å². The number of nitrogens with zero attached hydrogens (tertiary/aromatic N) is 1. The summed E-state index contributed by atoms with van der Waals surface area (Å²) < 4.78 is 45.1. The number of nitrogens with one attached hydrogen (secondary N) is 1. The molecule has 10 heteroatoms. The molecule has 1 N–H and O–H groups in total. The smallest absolute Gasteiger partial charge is 0.419 e. The van der Waals surface area contributed by atoms with Crippen LogP contribution in [0.1, 0.15) is 12.5 Å². The third-order valence-corrected chi connectivity index (χ3v) is 6.54. The number of rotatable bonds is 7. The maximum Gasteiger partial charge on any atom is 0.419 e. The Kier molecular flexibility index (Phi) is 5.92. The van der Waals surface area contributed by atoms with Crippen LogP contribution in [0.5, 0.6) is 11.5 Å². The Morgan fingerprint density at radius 1 is 1.17 bits per heavy atom. The van der Waals surface area contributed by atoms with Gasteiger partial charge in [-0.05, 0) is 37.1 Å². The van der Waals surface area contributed by atoms with Gasteiger partial charge in [0.05, 0.1) is 24.8 Å². The molecule has 0 aliphatic heterocycles. The second kappa shape index (κ2) is 8.10. The van der Waals surface area contributed by atoms with Crippen LogP contribution in [0.15, 0.2) is 44.4 Å². The Morgan fingerprint density at radius 2 is 1.86 bits per heavy atom. The molecule has 0 fully saturated rings. The van der Waals surface area contributed by atoms with Crippen molar-refractivity contribution in [3.63, 3.8) is 0 Å². The highest BCUT2D eigenvalue weighted by Crippen LogP contribution is 2.29. The fourth-order valence-corrected chi connectivity index (χ4v) is 4.85. The van der Waals surface area contributed by atoms with Crippen molar-refractivity contribution in [2.45, 2.75) is 24.3 Å². The monoisotopic (exact) mass is 440 g/mol. The first-order valence-electron chi connectivity index (χ1n) is 8.68. The number of aromatic nitrogens is 1. The molecule has 0 unspecified atom stereocenters. The number of halogens is 1. The molecule has 0 amide bonds. The summed E-state index contributed by atoms with van der Waals surface area (Å²) in [5.74, 6) is 0.557. The largest absolute Gasteiger partial charge is 0.493 e. The standard InChI is InChI=1S/C19H21ClN2O6S/c1-11(7-12-5-6-15(26-3)17(8-12)27-4)21-29(24,25)18-10-16-14(9-13(18)20)22(2)19(23)28-16/h5-6,8-11,21H,7H2,1-4H3/t11-/m1/s1. The molecule has 3 aromatic rings. The van der Waals surface area contributed by atoms with Gasteiger partial charge in [-0.25, -0.2) is 17.9 Å². The summed E-state index contributed by atoms with van der Waals surface area (Å²) >= 11 is 6.18. The van der Waals surface area contributed by atoms with E-state index in [1.807, 2.05) is 6.07 Å². The molecule has 8 nitrogen and oxygen atoms in total. The summed E-state index contributed by atoms with van der Waals surface area (Å²) in [7, 11) is 0.654. The van der Waals surface area contributed by atoms with Crippen LogP contribution in [0.4, 0.5) is 0 Å². The van der Waals surface area contributed by atoms with Crippen molar-refractivity contribution in [3.8, 4) is 11.5 Å². The van der Waals surface area contributed by atoms with Crippen molar-refractivity contribution in [2.75, 3.05) is 14.2 Å². The number of hydrogen-bond acceptors (Lipinski definition) is 6. The number of oxazole rings is 1. The Labute approximate surface area is 173 Å². The molecular weight excluding hydrogens is 420 g/mol. The lowest BCUT2D eigenvalue weighted by Crippen LogP contribution is -2.34. The van der Waals surface area contributed by atoms with Crippen molar-refractivity contribution >= 4 is 32.7 Å². The molecule has 3 rings (SSSR count). The molecule has 0 saturated carbocycles. The number of aryl methyl sites for hydroxylation is 1. The molecule has 2 aromatic carbocycles. The average Bonchev–Trinajstić information content (AvgIpc) is 2.94. The Bertz CT molecular complexity index is 1220. The van der Waals surface area contributed by atoms with Crippen molar-refractivity contribution in [1.29, 1.82) is 0 Å². The molecule has 156 valence electrons. The van der Waals surface area contributed by atoms with Gasteiger partial charge < -0.3 is 13.9 Å². The molecule has 0 radical (unpaired) electrons. The minimum atomic E-state index is -3.94. The van der Waals surface area contributed by atoms with Crippen LogP contribution in [0.3, 0.4) is 0 Å². The van der Waals surface area contributed by atoms with Crippen LogP contribution >= 0.6 is 11.6 Å². The first kappa shape index (κ1) is 21.2. The van der Waals surface area contributed by atoms with E-state index in [1.54, 1.807) is 26.2 Å². The van der Waals surface area contributed by atoms with Crippen molar-refractivity contribution in [1.82, 2.24) is 9.29 Å². The SMILES string of the molecule is COc1ccc(C[C@@H](C)NS(=O)(=O)c2cc3oc(=O)n(C)c3cc2Cl)cc1OC. The maximum atomic E-state index is 12.8. The quantitative estimate of drug-likeness (QED) is 0.606. The van der Waals surface area contributed by atoms with Gasteiger partial charge >= 0.3 is 5.76 Å². The van der Waals surface area contributed by atoms with E-state index in [0.717, 1.165) is 5.56 Å². The molecule has 0 aliphatic rings. The summed E-state index contributed by atoms with van der Waals surface area (Å²) in [5.41, 5.74) is 1.43. The third-order valence-electron chi connectivity index (χ3n) is 4.48. The molecule has 0 saturated heterocycles. The number of ether oxygens (including phenoxy) is 2. The molecule has 0 aliphatic carbocycles. The second-order valence-corrected chi connectivity index (χ2v) is 8.68. The lowest BCUT2D eigenvalue weighted by atomic mass is 10.1. The molecule has 0 bridgehead atoms. The fourth-order valence-electron chi connectivity index (χ4n) is 3.07. The molecule has 29 heavy (non-hydrogen) atoms. The van der Waals surface area contributed by atoms with Gasteiger partial charge in [0.15, 0.2) is 17.1 Å². The first-order valence-corrected chi connectivity index (χ1v) is 10.5. The number of methoxy groups -OCH3 is 2. The highest BCUT2D eigenvalue weighted by atomic mass is 35.5. The van der Waals surface area contributed by atoms with Gasteiger partial charge in [-0.1, -0.05) is 17.7 Å². The van der Waals surface area contributed by atoms with Crippen LogP contribution in [0, 0.1) is 0 Å². The van der Waals surface area contributed by atoms with Crippen molar-refractivity contribution < 1.29 is 22.3 Å². The lowest BCUT2D eigenvalue weighted by molar-refractivity contribution is 0.354. The number of hydrogen-bond donors (Lipinski definition) is 1. The minimum absolute atomic E-state index is 0.000262. The zero-order valence-electron chi connectivity index (χ0n) is 16.4. The Morgan fingerprint density at radius 3 is 2.52 bits per heavy atom. The van der Waals surface area contributed by atoms with Gasteiger partial charge in [0, 0.05) is 19.2 Å². The predicted octanol–water partition coefficient (Wildman–Crippen LogP) is 2.71. The zero-order valence-corrected chi connectivity index (χ0v) is 17.9.